The summed E-state index contributed by atoms with van der Waals surface area (Å²) in [6, 6.07) is 4.14. The van der Waals surface area contributed by atoms with Crippen LogP contribution in [0.5, 0.6) is 0 Å². The van der Waals surface area contributed by atoms with Crippen molar-refractivity contribution in [2.75, 3.05) is 5.73 Å². The summed E-state index contributed by atoms with van der Waals surface area (Å²) in [6.45, 7) is 2.62. The summed E-state index contributed by atoms with van der Waals surface area (Å²) in [5, 5.41) is 10.0. The van der Waals surface area contributed by atoms with Crippen LogP contribution in [0, 0.1) is 6.92 Å². The van der Waals surface area contributed by atoms with E-state index in [0.29, 0.717) is 11.1 Å². The van der Waals surface area contributed by atoms with Crippen molar-refractivity contribution in [1.82, 2.24) is 14.4 Å². The van der Waals surface area contributed by atoms with E-state index in [-0.39, 0.29) is 16.9 Å². The molecule has 0 unspecified atom stereocenters. The molecule has 0 spiro atoms. The van der Waals surface area contributed by atoms with Gasteiger partial charge in [0.15, 0.2) is 17.2 Å². The summed E-state index contributed by atoms with van der Waals surface area (Å²) in [5.74, 6) is -0.413. The maximum atomic E-state index is 13.1. The van der Waals surface area contributed by atoms with E-state index in [2.05, 4.69) is 9.97 Å². The molecule has 5 nitrogen and oxygen atoms in total. The number of nitrogen functional groups attached to an aromatic ring is 1. The number of fused-ring (bicyclic) bond motifs is 1. The number of aliphatic hydroxyl groups is 1. The minimum atomic E-state index is -4.72. The number of aryl methyl sites for hydroxylation is 1. The summed E-state index contributed by atoms with van der Waals surface area (Å²) < 4.78 is 66.6. The third-order valence-electron chi connectivity index (χ3n) is 4.33. The van der Waals surface area contributed by atoms with Crippen molar-refractivity contribution >= 4 is 11.5 Å². The fourth-order valence-corrected chi connectivity index (χ4v) is 2.69. The lowest BCUT2D eigenvalue weighted by molar-refractivity contribution is -0.141. The van der Waals surface area contributed by atoms with Gasteiger partial charge in [0.2, 0.25) is 0 Å². The van der Waals surface area contributed by atoms with Crippen molar-refractivity contribution in [2.24, 2.45) is 0 Å². The number of hydrogen-bond acceptors (Lipinski definition) is 4. The lowest BCUT2D eigenvalue weighted by Crippen LogP contribution is -2.30. The number of rotatable bonds is 3. The zero-order chi connectivity index (χ0) is 20.1. The molecule has 0 amide bonds. The molecule has 0 bridgehead atoms. The van der Waals surface area contributed by atoms with Gasteiger partial charge in [-0.05, 0) is 31.0 Å². The van der Waals surface area contributed by atoms with Crippen molar-refractivity contribution in [1.29, 1.82) is 0 Å². The lowest BCUT2D eigenvalue weighted by Gasteiger charge is -2.23. The molecule has 27 heavy (non-hydrogen) atoms. The molecule has 0 aliphatic heterocycles. The molecular weight excluding hydrogens is 371 g/mol. The molecular formula is C17H15F5N4O. The first kappa shape index (κ1) is 19.0. The SMILES string of the molecule is Cc1ccc([C@](C)(O)C(F)F)cc1-c1cnc2c(N)nc(C(F)(F)F)cn12. The largest absolute Gasteiger partial charge is 0.434 e. The molecule has 3 rings (SSSR count). The van der Waals surface area contributed by atoms with Crippen LogP contribution in [0.4, 0.5) is 27.8 Å². The quantitative estimate of drug-likeness (QED) is 0.672. The fraction of sp³-hybridized carbons (Fsp3) is 0.294. The second-order valence-electron chi connectivity index (χ2n) is 6.32. The Bertz CT molecular complexity index is 1010. The van der Waals surface area contributed by atoms with Crippen LogP contribution in [0.15, 0.2) is 30.6 Å². The molecule has 3 N–H and O–H groups in total. The Labute approximate surface area is 150 Å². The van der Waals surface area contributed by atoms with Gasteiger partial charge in [0, 0.05) is 11.8 Å². The van der Waals surface area contributed by atoms with Crippen LogP contribution in [-0.2, 0) is 11.8 Å². The monoisotopic (exact) mass is 386 g/mol. The first-order valence-corrected chi connectivity index (χ1v) is 7.75. The third kappa shape index (κ3) is 3.20. The standard InChI is InChI=1S/C17H15F5N4O/c1-8-3-4-9(16(2,27)15(18)19)5-10(8)11-6-24-14-13(23)25-12(7-26(11)14)17(20,21)22/h3-7,15,27H,1-2H3,(H2,23,25)/t16-/m0/s1. The Morgan fingerprint density at radius 3 is 2.48 bits per heavy atom. The summed E-state index contributed by atoms with van der Waals surface area (Å²) in [6.07, 6.45) is -5.76. The van der Waals surface area contributed by atoms with Gasteiger partial charge in [-0.25, -0.2) is 18.7 Å². The fourth-order valence-electron chi connectivity index (χ4n) is 2.69. The first-order chi connectivity index (χ1) is 12.4. The van der Waals surface area contributed by atoms with Crippen molar-refractivity contribution in [3.63, 3.8) is 0 Å². The van der Waals surface area contributed by atoms with Gasteiger partial charge < -0.3 is 10.8 Å². The third-order valence-corrected chi connectivity index (χ3v) is 4.33. The highest BCUT2D eigenvalue weighted by Crippen LogP contribution is 2.35. The smallest absolute Gasteiger partial charge is 0.381 e. The maximum absolute atomic E-state index is 13.1. The number of benzene rings is 1. The van der Waals surface area contributed by atoms with Gasteiger partial charge in [-0.2, -0.15) is 13.2 Å². The molecule has 1 aromatic carbocycles. The highest BCUT2D eigenvalue weighted by atomic mass is 19.4. The number of alkyl halides is 5. The molecule has 0 saturated heterocycles. The average molecular weight is 386 g/mol. The van der Waals surface area contributed by atoms with Gasteiger partial charge in [-0.3, -0.25) is 4.40 Å². The van der Waals surface area contributed by atoms with E-state index in [1.54, 1.807) is 6.92 Å². The Morgan fingerprint density at radius 2 is 1.89 bits per heavy atom. The molecule has 1 atom stereocenters. The molecule has 0 aliphatic rings. The van der Waals surface area contributed by atoms with Crippen LogP contribution in [0.2, 0.25) is 0 Å². The zero-order valence-corrected chi connectivity index (χ0v) is 14.2. The molecule has 144 valence electrons. The first-order valence-electron chi connectivity index (χ1n) is 7.75. The van der Waals surface area contributed by atoms with E-state index in [9.17, 15) is 27.1 Å². The summed E-state index contributed by atoms with van der Waals surface area (Å²) in [7, 11) is 0. The van der Waals surface area contributed by atoms with Gasteiger partial charge in [0.1, 0.15) is 5.60 Å². The minimum Gasteiger partial charge on any atom is -0.381 e. The highest BCUT2D eigenvalue weighted by Gasteiger charge is 2.36. The second-order valence-corrected chi connectivity index (χ2v) is 6.32. The van der Waals surface area contributed by atoms with Crippen LogP contribution < -0.4 is 5.73 Å². The Morgan fingerprint density at radius 1 is 1.22 bits per heavy atom. The minimum absolute atomic E-state index is 0.00317. The molecule has 0 saturated carbocycles. The predicted molar refractivity (Wildman–Crippen MR) is 88.1 cm³/mol. The molecule has 3 aromatic rings. The van der Waals surface area contributed by atoms with E-state index >= 15 is 0 Å². The van der Waals surface area contributed by atoms with E-state index in [1.165, 1.54) is 24.4 Å². The molecule has 10 heteroatoms. The van der Waals surface area contributed by atoms with Crippen molar-refractivity contribution in [3.8, 4) is 11.3 Å². The van der Waals surface area contributed by atoms with Gasteiger partial charge in [0.05, 0.1) is 11.9 Å². The Hall–Kier alpha value is -2.75. The van der Waals surface area contributed by atoms with Crippen molar-refractivity contribution in [2.45, 2.75) is 32.1 Å². The van der Waals surface area contributed by atoms with Gasteiger partial charge in [-0.1, -0.05) is 12.1 Å². The van der Waals surface area contributed by atoms with Crippen molar-refractivity contribution < 1.29 is 27.1 Å². The highest BCUT2D eigenvalue weighted by molar-refractivity contribution is 5.72. The number of halogens is 5. The zero-order valence-electron chi connectivity index (χ0n) is 14.2. The Balaban J connectivity index is 2.26. The normalized spacial score (nSPS) is 14.7. The van der Waals surface area contributed by atoms with E-state index in [4.69, 9.17) is 5.73 Å². The lowest BCUT2D eigenvalue weighted by atomic mass is 9.92. The van der Waals surface area contributed by atoms with Crippen LogP contribution in [0.1, 0.15) is 23.7 Å². The number of anilines is 1. The number of nitrogens with two attached hydrogens (primary N) is 1. The van der Waals surface area contributed by atoms with Crippen LogP contribution in [0.25, 0.3) is 16.9 Å². The molecule has 0 radical (unpaired) electrons. The van der Waals surface area contributed by atoms with E-state index in [1.807, 2.05) is 0 Å². The van der Waals surface area contributed by atoms with Crippen LogP contribution >= 0.6 is 0 Å². The van der Waals surface area contributed by atoms with Gasteiger partial charge in [-0.15, -0.1) is 0 Å². The number of aromatic nitrogens is 3. The molecule has 0 fully saturated rings. The van der Waals surface area contributed by atoms with E-state index < -0.39 is 29.7 Å². The van der Waals surface area contributed by atoms with E-state index in [0.717, 1.165) is 17.5 Å². The predicted octanol–water partition coefficient (Wildman–Crippen LogP) is 3.78. The van der Waals surface area contributed by atoms with Crippen LogP contribution in [-0.4, -0.2) is 25.9 Å². The molecule has 2 aromatic heterocycles. The van der Waals surface area contributed by atoms with Crippen molar-refractivity contribution in [3.05, 3.63) is 47.4 Å². The average Bonchev–Trinajstić information content (AvgIpc) is 2.98. The second kappa shape index (κ2) is 6.15. The molecule has 2 heterocycles. The van der Waals surface area contributed by atoms with Crippen LogP contribution in [0.3, 0.4) is 0 Å². The number of nitrogens with zero attached hydrogens (tertiary/aromatic N) is 3. The Kier molecular flexibility index (Phi) is 4.34. The molecule has 0 aliphatic carbocycles. The number of imidazole rings is 1. The summed E-state index contributed by atoms with van der Waals surface area (Å²) in [4.78, 5) is 7.30. The summed E-state index contributed by atoms with van der Waals surface area (Å²) in [5.41, 5.74) is 3.02. The summed E-state index contributed by atoms with van der Waals surface area (Å²) >= 11 is 0. The maximum Gasteiger partial charge on any atom is 0.434 e. The van der Waals surface area contributed by atoms with Gasteiger partial charge in [0.25, 0.3) is 6.43 Å². The van der Waals surface area contributed by atoms with Gasteiger partial charge >= 0.3 is 6.18 Å². The number of hydrogen-bond donors (Lipinski definition) is 2. The topological polar surface area (TPSA) is 76.4 Å².